The summed E-state index contributed by atoms with van der Waals surface area (Å²) in [6.07, 6.45) is 1.43. The number of benzene rings is 3. The molecule has 0 spiro atoms. The van der Waals surface area contributed by atoms with E-state index in [0.29, 0.717) is 30.8 Å². The van der Waals surface area contributed by atoms with Gasteiger partial charge in [-0.05, 0) is 67.8 Å². The Kier molecular flexibility index (Phi) is 6.45. The Labute approximate surface area is 192 Å². The van der Waals surface area contributed by atoms with Crippen molar-refractivity contribution in [2.45, 2.75) is 27.3 Å². The zero-order chi connectivity index (χ0) is 23.5. The van der Waals surface area contributed by atoms with Crippen LogP contribution in [0.15, 0.2) is 66.9 Å². The van der Waals surface area contributed by atoms with E-state index < -0.39 is 17.7 Å². The number of aryl methyl sites for hydroxylation is 1. The second kappa shape index (κ2) is 9.45. The number of rotatable bonds is 6. The lowest BCUT2D eigenvalue weighted by atomic mass is 10.00. The van der Waals surface area contributed by atoms with Crippen molar-refractivity contribution < 1.29 is 18.3 Å². The van der Waals surface area contributed by atoms with Gasteiger partial charge in [0.25, 0.3) is 0 Å². The maximum Gasteiger partial charge on any atom is 0.415 e. The van der Waals surface area contributed by atoms with Gasteiger partial charge in [-0.15, -0.1) is 0 Å². The molecule has 0 aliphatic heterocycles. The molecule has 0 bridgehead atoms. The lowest BCUT2D eigenvalue weighted by Crippen LogP contribution is -2.33. The normalized spacial score (nSPS) is 11.1. The molecule has 33 heavy (non-hydrogen) atoms. The molecule has 0 saturated carbocycles. The topological polar surface area (TPSA) is 34.5 Å². The predicted molar refractivity (Wildman–Crippen MR) is 127 cm³/mol. The van der Waals surface area contributed by atoms with E-state index in [1.54, 1.807) is 11.0 Å². The van der Waals surface area contributed by atoms with Crippen LogP contribution in [-0.2, 0) is 6.54 Å². The van der Waals surface area contributed by atoms with Gasteiger partial charge in [-0.25, -0.2) is 13.6 Å². The highest BCUT2D eigenvalue weighted by molar-refractivity contribution is 5.99. The summed E-state index contributed by atoms with van der Waals surface area (Å²) in [5.74, 6) is -1.12. The van der Waals surface area contributed by atoms with Crippen LogP contribution in [0.5, 0.6) is 5.75 Å². The van der Waals surface area contributed by atoms with Crippen LogP contribution in [0.25, 0.3) is 22.0 Å². The van der Waals surface area contributed by atoms with E-state index in [4.69, 9.17) is 4.74 Å². The van der Waals surface area contributed by atoms with Gasteiger partial charge in [-0.3, -0.25) is 0 Å². The molecule has 0 unspecified atom stereocenters. The average molecular weight is 449 g/mol. The number of ether oxygens (including phenoxy) is 1. The molecular weight excluding hydrogens is 422 g/mol. The second-order valence-corrected chi connectivity index (χ2v) is 7.94. The van der Waals surface area contributed by atoms with Crippen LogP contribution < -0.4 is 4.74 Å². The summed E-state index contributed by atoms with van der Waals surface area (Å²) < 4.78 is 36.0. The predicted octanol–water partition coefficient (Wildman–Crippen LogP) is 6.78. The van der Waals surface area contributed by atoms with Crippen molar-refractivity contribution in [1.82, 2.24) is 9.47 Å². The fourth-order valence-electron chi connectivity index (χ4n) is 4.08. The Bertz CT molecular complexity index is 1290. The minimum atomic E-state index is -0.692. The van der Waals surface area contributed by atoms with Gasteiger partial charge in [-0.2, -0.15) is 0 Å². The number of hydrogen-bond acceptors (Lipinski definition) is 2. The smallest absolute Gasteiger partial charge is 0.410 e. The molecule has 3 aromatic carbocycles. The molecule has 1 amide bonds. The van der Waals surface area contributed by atoms with Crippen LogP contribution in [0, 0.1) is 18.6 Å². The first-order chi connectivity index (χ1) is 15.9. The quantitative estimate of drug-likeness (QED) is 0.326. The van der Waals surface area contributed by atoms with Crippen molar-refractivity contribution in [3.05, 3.63) is 89.6 Å². The molecule has 4 aromatic rings. The number of carbonyl (C=O) groups is 1. The van der Waals surface area contributed by atoms with E-state index in [-0.39, 0.29) is 5.75 Å². The molecule has 0 atom stereocenters. The van der Waals surface area contributed by atoms with E-state index in [0.717, 1.165) is 17.0 Å². The van der Waals surface area contributed by atoms with Crippen molar-refractivity contribution in [3.63, 3.8) is 0 Å². The number of hydrogen-bond donors (Lipinski definition) is 0. The van der Waals surface area contributed by atoms with Crippen LogP contribution in [-0.4, -0.2) is 28.6 Å². The summed E-state index contributed by atoms with van der Waals surface area (Å²) in [5.41, 5.74) is 4.02. The Morgan fingerprint density at radius 3 is 2.33 bits per heavy atom. The third-order valence-electron chi connectivity index (χ3n) is 5.89. The molecule has 1 aromatic heterocycles. The standard InChI is InChI=1S/C27H26F2N2O2/c1-4-30(5-2)27(32)33-25-11-10-24-23(26(25)20-14-21(28)16-22(29)15-20)12-13-31(24)17-19-9-7-6-8-18(19)3/h6-16H,4-5,17H2,1-3H3. The van der Waals surface area contributed by atoms with Gasteiger partial charge in [0, 0.05) is 48.4 Å². The van der Waals surface area contributed by atoms with Crippen molar-refractivity contribution in [2.24, 2.45) is 0 Å². The summed E-state index contributed by atoms with van der Waals surface area (Å²) in [7, 11) is 0. The summed E-state index contributed by atoms with van der Waals surface area (Å²) >= 11 is 0. The first-order valence-corrected chi connectivity index (χ1v) is 11.0. The molecule has 0 aliphatic rings. The Morgan fingerprint density at radius 2 is 1.67 bits per heavy atom. The molecule has 0 saturated heterocycles. The van der Waals surface area contributed by atoms with Crippen molar-refractivity contribution in [3.8, 4) is 16.9 Å². The Balaban J connectivity index is 1.86. The number of fused-ring (bicyclic) bond motifs is 1. The summed E-state index contributed by atoms with van der Waals surface area (Å²) in [4.78, 5) is 14.2. The Morgan fingerprint density at radius 1 is 0.970 bits per heavy atom. The third kappa shape index (κ3) is 4.60. The number of halogens is 2. The minimum Gasteiger partial charge on any atom is -0.410 e. The van der Waals surface area contributed by atoms with Crippen LogP contribution in [0.1, 0.15) is 25.0 Å². The van der Waals surface area contributed by atoms with Crippen LogP contribution in [0.2, 0.25) is 0 Å². The minimum absolute atomic E-state index is 0.262. The molecule has 0 fully saturated rings. The van der Waals surface area contributed by atoms with Gasteiger partial charge >= 0.3 is 6.09 Å². The third-order valence-corrected chi connectivity index (χ3v) is 5.89. The van der Waals surface area contributed by atoms with Crippen molar-refractivity contribution >= 4 is 17.0 Å². The van der Waals surface area contributed by atoms with E-state index in [2.05, 4.69) is 23.6 Å². The zero-order valence-corrected chi connectivity index (χ0v) is 18.9. The lowest BCUT2D eigenvalue weighted by Gasteiger charge is -2.20. The van der Waals surface area contributed by atoms with E-state index in [9.17, 15) is 13.6 Å². The molecule has 4 rings (SSSR count). The lowest BCUT2D eigenvalue weighted by molar-refractivity contribution is 0.157. The molecule has 6 heteroatoms. The maximum absolute atomic E-state index is 14.1. The number of carbonyl (C=O) groups excluding carboxylic acids is 1. The summed E-state index contributed by atoms with van der Waals surface area (Å²) in [6.45, 7) is 7.42. The largest absolute Gasteiger partial charge is 0.415 e. The number of nitrogens with zero attached hydrogens (tertiary/aromatic N) is 2. The first kappa shape index (κ1) is 22.5. The van der Waals surface area contributed by atoms with Gasteiger partial charge < -0.3 is 14.2 Å². The highest BCUT2D eigenvalue weighted by atomic mass is 19.1. The van der Waals surface area contributed by atoms with Crippen LogP contribution >= 0.6 is 0 Å². The van der Waals surface area contributed by atoms with Gasteiger partial charge in [0.1, 0.15) is 17.4 Å². The van der Waals surface area contributed by atoms with E-state index in [1.165, 1.54) is 23.3 Å². The molecule has 0 N–H and O–H groups in total. The van der Waals surface area contributed by atoms with Gasteiger partial charge in [0.05, 0.1) is 0 Å². The van der Waals surface area contributed by atoms with E-state index in [1.807, 2.05) is 44.3 Å². The Hall–Kier alpha value is -3.67. The monoisotopic (exact) mass is 448 g/mol. The van der Waals surface area contributed by atoms with Gasteiger partial charge in [-0.1, -0.05) is 24.3 Å². The SMILES string of the molecule is CCN(CC)C(=O)Oc1ccc2c(ccn2Cc2ccccc2C)c1-c1cc(F)cc(F)c1. The maximum atomic E-state index is 14.1. The zero-order valence-electron chi connectivity index (χ0n) is 18.9. The number of aromatic nitrogens is 1. The average Bonchev–Trinajstić information content (AvgIpc) is 3.18. The van der Waals surface area contributed by atoms with E-state index >= 15 is 0 Å². The summed E-state index contributed by atoms with van der Waals surface area (Å²) in [5, 5.41) is 0.749. The fourth-order valence-corrected chi connectivity index (χ4v) is 4.08. The number of amides is 1. The van der Waals surface area contributed by atoms with Gasteiger partial charge in [0.15, 0.2) is 0 Å². The van der Waals surface area contributed by atoms with Crippen molar-refractivity contribution in [1.29, 1.82) is 0 Å². The van der Waals surface area contributed by atoms with Crippen LogP contribution in [0.4, 0.5) is 13.6 Å². The first-order valence-electron chi connectivity index (χ1n) is 11.0. The van der Waals surface area contributed by atoms with Crippen LogP contribution in [0.3, 0.4) is 0 Å². The van der Waals surface area contributed by atoms with Crippen molar-refractivity contribution in [2.75, 3.05) is 13.1 Å². The fraction of sp³-hybridized carbons (Fsp3) is 0.222. The second-order valence-electron chi connectivity index (χ2n) is 7.94. The molecule has 0 radical (unpaired) electrons. The highest BCUT2D eigenvalue weighted by Gasteiger charge is 2.20. The molecule has 170 valence electrons. The molecule has 0 aliphatic carbocycles. The molecular formula is C27H26F2N2O2. The molecule has 4 nitrogen and oxygen atoms in total. The summed E-state index contributed by atoms with van der Waals surface area (Å²) in [6, 6.07) is 16.9. The van der Waals surface area contributed by atoms with Gasteiger partial charge in [0.2, 0.25) is 0 Å². The molecule has 1 heterocycles. The highest BCUT2D eigenvalue weighted by Crippen LogP contribution is 2.39.